The number of carbonyl (C=O) groups excluding carboxylic acids is 1. The van der Waals surface area contributed by atoms with Gasteiger partial charge in [0.1, 0.15) is 0 Å². The van der Waals surface area contributed by atoms with E-state index in [1.807, 2.05) is 13.8 Å². The summed E-state index contributed by atoms with van der Waals surface area (Å²) in [7, 11) is 0. The van der Waals surface area contributed by atoms with Crippen LogP contribution in [0.25, 0.3) is 0 Å². The van der Waals surface area contributed by atoms with E-state index in [4.69, 9.17) is 5.11 Å². The number of carboxylic acid groups (broad SMARTS) is 1. The van der Waals surface area contributed by atoms with Crippen molar-refractivity contribution < 1.29 is 14.7 Å². The number of thioether (sulfide) groups is 1. The fourth-order valence-electron chi connectivity index (χ4n) is 1.33. The van der Waals surface area contributed by atoms with Crippen molar-refractivity contribution in [3.05, 3.63) is 0 Å². The molecule has 0 heterocycles. The van der Waals surface area contributed by atoms with Crippen LogP contribution in [0.4, 0.5) is 0 Å². The number of carboxylic acids is 1. The molecule has 0 aromatic carbocycles. The second kappa shape index (κ2) is 6.71. The number of hydrogen-bond donors (Lipinski definition) is 2. The van der Waals surface area contributed by atoms with Crippen LogP contribution in [0, 0.1) is 0 Å². The number of rotatable bonds is 7. The fourth-order valence-corrected chi connectivity index (χ4v) is 1.87. The smallest absolute Gasteiger partial charge is 0.313 e. The molecule has 0 aliphatic heterocycles. The molecule has 0 atom stereocenters. The molecular weight excluding hydrogens is 214 g/mol. The highest BCUT2D eigenvalue weighted by atomic mass is 32.2. The van der Waals surface area contributed by atoms with Gasteiger partial charge in [0.25, 0.3) is 0 Å². The topological polar surface area (TPSA) is 66.4 Å². The molecular formula is C10H19NO3S. The van der Waals surface area contributed by atoms with E-state index in [1.54, 1.807) is 0 Å². The minimum atomic E-state index is -0.888. The maximum Gasteiger partial charge on any atom is 0.313 e. The molecule has 1 amide bonds. The maximum atomic E-state index is 11.4. The van der Waals surface area contributed by atoms with Crippen LogP contribution in [0.15, 0.2) is 0 Å². The lowest BCUT2D eigenvalue weighted by molar-refractivity contribution is -0.133. The third-order valence-corrected chi connectivity index (χ3v) is 2.73. The molecule has 0 saturated carbocycles. The molecule has 0 radical (unpaired) electrons. The zero-order chi connectivity index (χ0) is 11.9. The zero-order valence-corrected chi connectivity index (χ0v) is 10.3. The summed E-state index contributed by atoms with van der Waals surface area (Å²) in [6, 6.07) is 0. The number of carbonyl (C=O) groups is 2. The SMILES string of the molecule is CCCC(C)(C)NC(=O)CSCC(=O)O. The van der Waals surface area contributed by atoms with Crippen molar-refractivity contribution in [1.29, 1.82) is 0 Å². The molecule has 0 saturated heterocycles. The monoisotopic (exact) mass is 233 g/mol. The Bertz CT molecular complexity index is 229. The molecule has 4 nitrogen and oxygen atoms in total. The summed E-state index contributed by atoms with van der Waals surface area (Å²) in [4.78, 5) is 21.6. The average Bonchev–Trinajstić information content (AvgIpc) is 2.01. The number of amides is 1. The number of nitrogens with one attached hydrogen (secondary N) is 1. The highest BCUT2D eigenvalue weighted by Crippen LogP contribution is 2.11. The summed E-state index contributed by atoms with van der Waals surface area (Å²) < 4.78 is 0. The van der Waals surface area contributed by atoms with E-state index in [9.17, 15) is 9.59 Å². The van der Waals surface area contributed by atoms with E-state index >= 15 is 0 Å². The summed E-state index contributed by atoms with van der Waals surface area (Å²) in [5.74, 6) is -0.804. The quantitative estimate of drug-likeness (QED) is 0.699. The first kappa shape index (κ1) is 14.3. The lowest BCUT2D eigenvalue weighted by Crippen LogP contribution is -2.44. The van der Waals surface area contributed by atoms with Crippen LogP contribution in [0.5, 0.6) is 0 Å². The first-order valence-corrected chi connectivity index (χ1v) is 6.13. The van der Waals surface area contributed by atoms with Crippen molar-refractivity contribution >= 4 is 23.6 Å². The number of hydrogen-bond acceptors (Lipinski definition) is 3. The van der Waals surface area contributed by atoms with E-state index in [0.29, 0.717) is 0 Å². The predicted molar refractivity (Wildman–Crippen MR) is 62.1 cm³/mol. The van der Waals surface area contributed by atoms with Gasteiger partial charge in [-0.3, -0.25) is 9.59 Å². The minimum absolute atomic E-state index is 0.0262. The molecule has 0 fully saturated rings. The molecule has 2 N–H and O–H groups in total. The molecule has 88 valence electrons. The molecule has 0 bridgehead atoms. The van der Waals surface area contributed by atoms with Crippen LogP contribution in [-0.2, 0) is 9.59 Å². The second-order valence-electron chi connectivity index (χ2n) is 4.07. The zero-order valence-electron chi connectivity index (χ0n) is 9.50. The van der Waals surface area contributed by atoms with Gasteiger partial charge in [0.2, 0.25) is 5.91 Å². The van der Waals surface area contributed by atoms with E-state index < -0.39 is 5.97 Å². The molecule has 0 aromatic heterocycles. The Morgan fingerprint density at radius 2 is 1.93 bits per heavy atom. The van der Waals surface area contributed by atoms with E-state index in [2.05, 4.69) is 12.2 Å². The van der Waals surface area contributed by atoms with Gasteiger partial charge < -0.3 is 10.4 Å². The summed E-state index contributed by atoms with van der Waals surface area (Å²) in [5.41, 5.74) is -0.199. The van der Waals surface area contributed by atoms with Crippen molar-refractivity contribution in [2.24, 2.45) is 0 Å². The van der Waals surface area contributed by atoms with E-state index in [0.717, 1.165) is 24.6 Å². The predicted octanol–water partition coefficient (Wildman–Crippen LogP) is 1.50. The second-order valence-corrected chi connectivity index (χ2v) is 5.05. The largest absolute Gasteiger partial charge is 0.481 e. The Morgan fingerprint density at radius 1 is 1.33 bits per heavy atom. The third-order valence-electron chi connectivity index (χ3n) is 1.81. The maximum absolute atomic E-state index is 11.4. The van der Waals surface area contributed by atoms with Gasteiger partial charge in [0.05, 0.1) is 11.5 Å². The van der Waals surface area contributed by atoms with Gasteiger partial charge in [-0.2, -0.15) is 0 Å². The van der Waals surface area contributed by atoms with E-state index in [-0.39, 0.29) is 23.0 Å². The van der Waals surface area contributed by atoms with Crippen LogP contribution in [0.3, 0.4) is 0 Å². The van der Waals surface area contributed by atoms with Crippen LogP contribution in [0.1, 0.15) is 33.6 Å². The van der Waals surface area contributed by atoms with Gasteiger partial charge in [0, 0.05) is 5.54 Å². The molecule has 0 spiro atoms. The van der Waals surface area contributed by atoms with Crippen molar-refractivity contribution in [3.8, 4) is 0 Å². The van der Waals surface area contributed by atoms with Gasteiger partial charge in [0.15, 0.2) is 0 Å². The minimum Gasteiger partial charge on any atom is -0.481 e. The van der Waals surface area contributed by atoms with Crippen LogP contribution in [0.2, 0.25) is 0 Å². The van der Waals surface area contributed by atoms with Crippen LogP contribution < -0.4 is 5.32 Å². The summed E-state index contributed by atoms with van der Waals surface area (Å²) in [6.45, 7) is 6.00. The lowest BCUT2D eigenvalue weighted by Gasteiger charge is -2.25. The Labute approximate surface area is 94.8 Å². The highest BCUT2D eigenvalue weighted by Gasteiger charge is 2.18. The third kappa shape index (κ3) is 8.30. The molecule has 15 heavy (non-hydrogen) atoms. The Balaban J connectivity index is 3.77. The Hall–Kier alpha value is -0.710. The number of aliphatic carboxylic acids is 1. The van der Waals surface area contributed by atoms with Crippen molar-refractivity contribution in [3.63, 3.8) is 0 Å². The van der Waals surface area contributed by atoms with Crippen molar-refractivity contribution in [2.75, 3.05) is 11.5 Å². The Morgan fingerprint density at radius 3 is 2.40 bits per heavy atom. The molecule has 5 heteroatoms. The van der Waals surface area contributed by atoms with Crippen LogP contribution in [-0.4, -0.2) is 34.0 Å². The molecule has 0 rings (SSSR count). The summed E-state index contributed by atoms with van der Waals surface area (Å²) >= 11 is 1.12. The van der Waals surface area contributed by atoms with Crippen molar-refractivity contribution in [2.45, 2.75) is 39.2 Å². The molecule has 0 unspecified atom stereocenters. The van der Waals surface area contributed by atoms with Crippen LogP contribution >= 0.6 is 11.8 Å². The standard InChI is InChI=1S/C10H19NO3S/c1-4-5-10(2,3)11-8(12)6-15-7-9(13)14/h4-7H2,1-3H3,(H,11,12)(H,13,14). The van der Waals surface area contributed by atoms with Gasteiger partial charge in [-0.25, -0.2) is 0 Å². The van der Waals surface area contributed by atoms with Gasteiger partial charge in [-0.05, 0) is 20.3 Å². The Kier molecular flexibility index (Phi) is 6.40. The normalized spacial score (nSPS) is 11.1. The molecule has 0 aliphatic rings. The molecule has 0 aromatic rings. The first-order chi connectivity index (χ1) is 6.87. The highest BCUT2D eigenvalue weighted by molar-refractivity contribution is 8.00. The molecule has 0 aliphatic carbocycles. The van der Waals surface area contributed by atoms with E-state index in [1.165, 1.54) is 0 Å². The van der Waals surface area contributed by atoms with Gasteiger partial charge in [-0.1, -0.05) is 13.3 Å². The average molecular weight is 233 g/mol. The first-order valence-electron chi connectivity index (χ1n) is 4.98. The van der Waals surface area contributed by atoms with Crippen molar-refractivity contribution in [1.82, 2.24) is 5.32 Å². The van der Waals surface area contributed by atoms with Gasteiger partial charge in [-0.15, -0.1) is 11.8 Å². The fraction of sp³-hybridized carbons (Fsp3) is 0.800. The summed E-state index contributed by atoms with van der Waals surface area (Å²) in [6.07, 6.45) is 1.93. The van der Waals surface area contributed by atoms with Gasteiger partial charge >= 0.3 is 5.97 Å². The summed E-state index contributed by atoms with van der Waals surface area (Å²) in [5, 5.41) is 11.3. The lowest BCUT2D eigenvalue weighted by atomic mass is 9.99.